The largest absolute Gasteiger partial charge is 0.493 e. The van der Waals surface area contributed by atoms with Crippen LogP contribution in [0.3, 0.4) is 0 Å². The Morgan fingerprint density at radius 2 is 1.89 bits per heavy atom. The summed E-state index contributed by atoms with van der Waals surface area (Å²) in [7, 11) is -4.04. The zero-order valence-electron chi connectivity index (χ0n) is 15.7. The number of rotatable bonds is 8. The Morgan fingerprint density at radius 3 is 2.43 bits per heavy atom. The van der Waals surface area contributed by atoms with Crippen LogP contribution in [0.1, 0.15) is 26.3 Å². The molecule has 0 heterocycles. The Labute approximate surface area is 163 Å². The van der Waals surface area contributed by atoms with Crippen molar-refractivity contribution >= 4 is 27.1 Å². The van der Waals surface area contributed by atoms with Gasteiger partial charge < -0.3 is 4.74 Å². The zero-order chi connectivity index (χ0) is 20.9. The number of hydrogen-bond acceptors (Lipinski definition) is 7. The van der Waals surface area contributed by atoms with E-state index in [1.165, 1.54) is 12.1 Å². The van der Waals surface area contributed by atoms with Gasteiger partial charge in [-0.25, -0.2) is 13.6 Å². The quantitative estimate of drug-likeness (QED) is 0.392. The zero-order valence-corrected chi connectivity index (χ0v) is 16.6. The Kier molecular flexibility index (Phi) is 6.71. The van der Waals surface area contributed by atoms with Crippen LogP contribution in [0.15, 0.2) is 52.5 Å². The van der Waals surface area contributed by atoms with Crippen molar-refractivity contribution in [3.05, 3.63) is 58.1 Å². The molecule has 2 aromatic carbocycles. The van der Waals surface area contributed by atoms with E-state index in [4.69, 9.17) is 9.88 Å². The first kappa shape index (κ1) is 21.3. The highest BCUT2D eigenvalue weighted by Crippen LogP contribution is 2.27. The minimum atomic E-state index is -4.04. The average molecular weight is 406 g/mol. The van der Waals surface area contributed by atoms with Gasteiger partial charge in [-0.1, -0.05) is 13.8 Å². The van der Waals surface area contributed by atoms with Crippen molar-refractivity contribution in [2.45, 2.75) is 25.7 Å². The number of benzene rings is 2. The maximum atomic E-state index is 11.4. The average Bonchev–Trinajstić information content (AvgIpc) is 2.63. The highest BCUT2D eigenvalue weighted by molar-refractivity contribution is 7.89. The van der Waals surface area contributed by atoms with E-state index in [9.17, 15) is 18.5 Å². The van der Waals surface area contributed by atoms with Gasteiger partial charge in [0.15, 0.2) is 0 Å². The number of sulfonamides is 1. The molecule has 0 aliphatic rings. The van der Waals surface area contributed by atoms with Crippen molar-refractivity contribution in [2.75, 3.05) is 12.0 Å². The number of hydrazone groups is 1. The number of nitrogens with two attached hydrogens (primary N) is 1. The number of nitro groups is 1. The van der Waals surface area contributed by atoms with Crippen LogP contribution in [-0.4, -0.2) is 25.7 Å². The molecule has 150 valence electrons. The Morgan fingerprint density at radius 1 is 1.25 bits per heavy atom. The first-order chi connectivity index (χ1) is 13.1. The standard InChI is InChI=1S/C18H22N4O5S/c1-12(2)11-27-15-6-4-14(5-7-15)13(3)20-21-17-9-8-16(28(19,25)26)10-18(17)22(23)24/h4-10,12,21H,11H2,1-3H3,(H2,19,25,26)/b20-13-. The summed E-state index contributed by atoms with van der Waals surface area (Å²) < 4.78 is 28.4. The van der Waals surface area contributed by atoms with Gasteiger partial charge in [0, 0.05) is 6.07 Å². The molecule has 10 heteroatoms. The first-order valence-corrected chi connectivity index (χ1v) is 9.97. The monoisotopic (exact) mass is 406 g/mol. The van der Waals surface area contributed by atoms with Gasteiger partial charge in [0.25, 0.3) is 5.69 Å². The van der Waals surface area contributed by atoms with E-state index in [2.05, 4.69) is 24.4 Å². The molecule has 0 unspecified atom stereocenters. The second-order valence-electron chi connectivity index (χ2n) is 6.52. The van der Waals surface area contributed by atoms with Gasteiger partial charge in [-0.15, -0.1) is 0 Å². The van der Waals surface area contributed by atoms with E-state index in [1.54, 1.807) is 6.92 Å². The summed E-state index contributed by atoms with van der Waals surface area (Å²) in [6.07, 6.45) is 0. The minimum Gasteiger partial charge on any atom is -0.493 e. The van der Waals surface area contributed by atoms with Crippen molar-refractivity contribution < 1.29 is 18.1 Å². The lowest BCUT2D eigenvalue weighted by atomic mass is 10.1. The van der Waals surface area contributed by atoms with Crippen LogP contribution in [0, 0.1) is 16.0 Å². The number of anilines is 1. The van der Waals surface area contributed by atoms with Crippen molar-refractivity contribution in [2.24, 2.45) is 16.2 Å². The highest BCUT2D eigenvalue weighted by Gasteiger charge is 2.19. The second kappa shape index (κ2) is 8.81. The van der Waals surface area contributed by atoms with Gasteiger partial charge in [0.1, 0.15) is 11.4 Å². The van der Waals surface area contributed by atoms with Gasteiger partial charge in [-0.05, 0) is 54.8 Å². The summed E-state index contributed by atoms with van der Waals surface area (Å²) in [4.78, 5) is 10.2. The van der Waals surface area contributed by atoms with Crippen molar-refractivity contribution in [3.63, 3.8) is 0 Å². The summed E-state index contributed by atoms with van der Waals surface area (Å²) in [6.45, 7) is 6.48. The fourth-order valence-corrected chi connectivity index (χ4v) is 2.73. The van der Waals surface area contributed by atoms with E-state index in [0.29, 0.717) is 18.2 Å². The normalized spacial score (nSPS) is 12.1. The number of nitrogens with zero attached hydrogens (tertiary/aromatic N) is 2. The lowest BCUT2D eigenvalue weighted by molar-refractivity contribution is -0.384. The van der Waals surface area contributed by atoms with Crippen LogP contribution in [-0.2, 0) is 10.0 Å². The Hall–Kier alpha value is -2.98. The van der Waals surface area contributed by atoms with Gasteiger partial charge >= 0.3 is 0 Å². The lowest BCUT2D eigenvalue weighted by Gasteiger charge is -2.09. The number of hydrogen-bond donors (Lipinski definition) is 2. The maximum Gasteiger partial charge on any atom is 0.295 e. The summed E-state index contributed by atoms with van der Waals surface area (Å²) >= 11 is 0. The van der Waals surface area contributed by atoms with Crippen LogP contribution in [0.2, 0.25) is 0 Å². The molecule has 0 bridgehead atoms. The summed E-state index contributed by atoms with van der Waals surface area (Å²) in [5, 5.41) is 20.4. The Balaban J connectivity index is 2.19. The number of ether oxygens (including phenoxy) is 1. The van der Waals surface area contributed by atoms with Gasteiger partial charge in [0.05, 0.1) is 22.1 Å². The third-order valence-corrected chi connectivity index (χ3v) is 4.60. The van der Waals surface area contributed by atoms with Crippen LogP contribution >= 0.6 is 0 Å². The number of nitro benzene ring substituents is 1. The van der Waals surface area contributed by atoms with Gasteiger partial charge in [-0.2, -0.15) is 5.10 Å². The van der Waals surface area contributed by atoms with Crippen LogP contribution in [0.25, 0.3) is 0 Å². The second-order valence-corrected chi connectivity index (χ2v) is 8.08. The molecule has 0 saturated carbocycles. The first-order valence-electron chi connectivity index (χ1n) is 8.42. The van der Waals surface area contributed by atoms with Crippen LogP contribution in [0.5, 0.6) is 5.75 Å². The predicted octanol–water partition coefficient (Wildman–Crippen LogP) is 3.11. The molecule has 0 atom stereocenters. The number of nitrogens with one attached hydrogen (secondary N) is 1. The molecule has 0 aliphatic heterocycles. The van der Waals surface area contributed by atoms with E-state index in [-0.39, 0.29) is 10.6 Å². The molecule has 3 N–H and O–H groups in total. The van der Waals surface area contributed by atoms with Crippen molar-refractivity contribution in [1.29, 1.82) is 0 Å². The maximum absolute atomic E-state index is 11.4. The summed E-state index contributed by atoms with van der Waals surface area (Å²) in [5.74, 6) is 1.16. The molecule has 0 saturated heterocycles. The smallest absolute Gasteiger partial charge is 0.295 e. The topological polar surface area (TPSA) is 137 Å². The molecule has 9 nitrogen and oxygen atoms in total. The molecule has 0 aliphatic carbocycles. The van der Waals surface area contributed by atoms with Crippen LogP contribution in [0.4, 0.5) is 11.4 Å². The van der Waals surface area contributed by atoms with Gasteiger partial charge in [-0.3, -0.25) is 15.5 Å². The molecule has 0 radical (unpaired) electrons. The molecule has 2 rings (SSSR count). The van der Waals surface area contributed by atoms with Gasteiger partial charge in [0.2, 0.25) is 10.0 Å². The summed E-state index contributed by atoms with van der Waals surface area (Å²) in [6, 6.07) is 10.6. The van der Waals surface area contributed by atoms with E-state index < -0.39 is 20.6 Å². The highest BCUT2D eigenvalue weighted by atomic mass is 32.2. The van der Waals surface area contributed by atoms with Crippen molar-refractivity contribution in [1.82, 2.24) is 0 Å². The molecule has 0 fully saturated rings. The van der Waals surface area contributed by atoms with E-state index >= 15 is 0 Å². The Bertz CT molecular complexity index is 986. The van der Waals surface area contributed by atoms with Crippen LogP contribution < -0.4 is 15.3 Å². The SMILES string of the molecule is C/C(=N/Nc1ccc(S(N)(=O)=O)cc1[N+](=O)[O-])c1ccc(OCC(C)C)cc1. The molecule has 28 heavy (non-hydrogen) atoms. The molecule has 0 amide bonds. The molecule has 0 aromatic heterocycles. The third-order valence-electron chi connectivity index (χ3n) is 3.69. The number of primary sulfonamides is 1. The predicted molar refractivity (Wildman–Crippen MR) is 107 cm³/mol. The van der Waals surface area contributed by atoms with Crippen molar-refractivity contribution in [3.8, 4) is 5.75 Å². The minimum absolute atomic E-state index is 0.0497. The molecule has 2 aromatic rings. The molecule has 0 spiro atoms. The lowest BCUT2D eigenvalue weighted by Crippen LogP contribution is -2.12. The van der Waals surface area contributed by atoms with E-state index in [0.717, 1.165) is 17.4 Å². The fraction of sp³-hybridized carbons (Fsp3) is 0.278. The fourth-order valence-electron chi connectivity index (χ4n) is 2.20. The third kappa shape index (κ3) is 5.76. The molecular weight excluding hydrogens is 384 g/mol. The van der Waals surface area contributed by atoms with E-state index in [1.807, 2.05) is 24.3 Å². The summed E-state index contributed by atoms with van der Waals surface area (Å²) in [5.41, 5.74) is 3.59. The molecular formula is C18H22N4O5S.